The molecule has 1 aromatic carbocycles. The zero-order chi connectivity index (χ0) is 13.2. The Balaban J connectivity index is 1.97. The molecule has 1 atom stereocenters. The van der Waals surface area contributed by atoms with Crippen LogP contribution in [0.15, 0.2) is 18.2 Å². The molecule has 0 bridgehead atoms. The lowest BCUT2D eigenvalue weighted by Gasteiger charge is -2.38. The highest BCUT2D eigenvalue weighted by Gasteiger charge is 2.32. The van der Waals surface area contributed by atoms with E-state index in [1.165, 1.54) is 0 Å². The largest absolute Gasteiger partial charge is 0.482 e. The van der Waals surface area contributed by atoms with Crippen LogP contribution in [0.3, 0.4) is 0 Å². The molecule has 1 aromatic rings. The third kappa shape index (κ3) is 2.26. The molecule has 0 saturated carbocycles. The summed E-state index contributed by atoms with van der Waals surface area (Å²) in [6.45, 7) is 2.04. The quantitative estimate of drug-likeness (QED) is 0.840. The van der Waals surface area contributed by atoms with Gasteiger partial charge < -0.3 is 20.3 Å². The summed E-state index contributed by atoms with van der Waals surface area (Å²) >= 11 is 0. The minimum absolute atomic E-state index is 0.0504. The molecular weight excluding hydrogens is 242 g/mol. The third-order valence-corrected chi connectivity index (χ3v) is 3.76. The zero-order valence-electron chi connectivity index (χ0n) is 11.1. The first-order chi connectivity index (χ1) is 9.29. The highest BCUT2D eigenvalue weighted by Crippen LogP contribution is 2.36. The summed E-state index contributed by atoms with van der Waals surface area (Å²) in [4.78, 5) is 14.1. The van der Waals surface area contributed by atoms with Gasteiger partial charge in [0.05, 0.1) is 5.69 Å². The maximum atomic E-state index is 12.2. The van der Waals surface area contributed by atoms with Gasteiger partial charge >= 0.3 is 0 Å². The fourth-order valence-corrected chi connectivity index (χ4v) is 2.78. The van der Waals surface area contributed by atoms with Gasteiger partial charge in [-0.05, 0) is 37.6 Å². The van der Waals surface area contributed by atoms with E-state index in [9.17, 15) is 4.79 Å². The van der Waals surface area contributed by atoms with Gasteiger partial charge in [0.25, 0.3) is 5.91 Å². The molecule has 19 heavy (non-hydrogen) atoms. The molecule has 0 aromatic heterocycles. The average Bonchev–Trinajstić information content (AvgIpc) is 2.47. The predicted molar refractivity (Wildman–Crippen MR) is 74.9 cm³/mol. The standard InChI is InChI=1S/C14H19N3O2/c1-15-10-4-5-13-12(7-10)17(14(18)9-19-13)11-3-2-6-16-8-11/h4-5,7,11,15-16H,2-3,6,8-9H2,1H3. The van der Waals surface area contributed by atoms with Crippen molar-refractivity contribution in [2.75, 3.05) is 37.0 Å². The highest BCUT2D eigenvalue weighted by molar-refractivity contribution is 5.99. The van der Waals surface area contributed by atoms with Crippen molar-refractivity contribution in [1.29, 1.82) is 0 Å². The highest BCUT2D eigenvalue weighted by atomic mass is 16.5. The van der Waals surface area contributed by atoms with Gasteiger partial charge in [-0.2, -0.15) is 0 Å². The van der Waals surface area contributed by atoms with Crippen molar-refractivity contribution in [3.63, 3.8) is 0 Å². The number of hydrogen-bond donors (Lipinski definition) is 2. The molecule has 102 valence electrons. The van der Waals surface area contributed by atoms with Gasteiger partial charge in [0.2, 0.25) is 0 Å². The lowest BCUT2D eigenvalue weighted by molar-refractivity contribution is -0.121. The average molecular weight is 261 g/mol. The maximum absolute atomic E-state index is 12.2. The molecule has 3 rings (SSSR count). The Kier molecular flexibility index (Phi) is 3.29. The molecule has 1 fully saturated rings. The lowest BCUT2D eigenvalue weighted by Crippen LogP contribution is -2.52. The van der Waals surface area contributed by atoms with E-state index in [0.717, 1.165) is 43.1 Å². The Morgan fingerprint density at radius 1 is 1.47 bits per heavy atom. The van der Waals surface area contributed by atoms with Crippen molar-refractivity contribution < 1.29 is 9.53 Å². The van der Waals surface area contributed by atoms with Gasteiger partial charge in [-0.15, -0.1) is 0 Å². The molecule has 1 amide bonds. The molecule has 1 saturated heterocycles. The number of ether oxygens (including phenoxy) is 1. The molecule has 0 aliphatic carbocycles. The van der Waals surface area contributed by atoms with E-state index >= 15 is 0 Å². The van der Waals surface area contributed by atoms with E-state index in [2.05, 4.69) is 10.6 Å². The number of nitrogens with zero attached hydrogens (tertiary/aromatic N) is 1. The Hall–Kier alpha value is -1.75. The summed E-state index contributed by atoms with van der Waals surface area (Å²) in [6, 6.07) is 6.11. The summed E-state index contributed by atoms with van der Waals surface area (Å²) in [6.07, 6.45) is 2.15. The number of carbonyl (C=O) groups excluding carboxylic acids is 1. The Morgan fingerprint density at radius 3 is 3.11 bits per heavy atom. The van der Waals surface area contributed by atoms with Crippen molar-refractivity contribution in [2.45, 2.75) is 18.9 Å². The van der Waals surface area contributed by atoms with Gasteiger partial charge in [-0.1, -0.05) is 0 Å². The molecule has 1 unspecified atom stereocenters. The number of hydrogen-bond acceptors (Lipinski definition) is 4. The molecule has 5 heteroatoms. The number of carbonyl (C=O) groups is 1. The van der Waals surface area contributed by atoms with Crippen molar-refractivity contribution in [2.24, 2.45) is 0 Å². The Bertz CT molecular complexity index is 484. The molecule has 2 aliphatic rings. The van der Waals surface area contributed by atoms with Gasteiger partial charge in [-0.25, -0.2) is 0 Å². The van der Waals surface area contributed by atoms with Crippen molar-refractivity contribution >= 4 is 17.3 Å². The van der Waals surface area contributed by atoms with Crippen LogP contribution >= 0.6 is 0 Å². The predicted octanol–water partition coefficient (Wildman–Crippen LogP) is 1.21. The van der Waals surface area contributed by atoms with Crippen LogP contribution in [0.2, 0.25) is 0 Å². The van der Waals surface area contributed by atoms with Crippen LogP contribution in [-0.4, -0.2) is 38.7 Å². The number of amides is 1. The van der Waals surface area contributed by atoms with Crippen LogP contribution < -0.4 is 20.3 Å². The maximum Gasteiger partial charge on any atom is 0.265 e. The van der Waals surface area contributed by atoms with Gasteiger partial charge in [0, 0.05) is 25.3 Å². The Morgan fingerprint density at radius 2 is 2.37 bits per heavy atom. The summed E-state index contributed by atoms with van der Waals surface area (Å²) < 4.78 is 5.52. The van der Waals surface area contributed by atoms with Crippen LogP contribution in [-0.2, 0) is 4.79 Å². The van der Waals surface area contributed by atoms with Crippen molar-refractivity contribution in [3.05, 3.63) is 18.2 Å². The second kappa shape index (κ2) is 5.09. The van der Waals surface area contributed by atoms with Gasteiger partial charge in [-0.3, -0.25) is 4.79 Å². The number of benzene rings is 1. The second-order valence-corrected chi connectivity index (χ2v) is 4.99. The van der Waals surface area contributed by atoms with E-state index < -0.39 is 0 Å². The topological polar surface area (TPSA) is 53.6 Å². The fourth-order valence-electron chi connectivity index (χ4n) is 2.78. The lowest BCUT2D eigenvalue weighted by atomic mass is 10.0. The molecule has 0 radical (unpaired) electrons. The van der Waals surface area contributed by atoms with E-state index in [0.29, 0.717) is 0 Å². The van der Waals surface area contributed by atoms with E-state index in [1.807, 2.05) is 30.1 Å². The molecule has 2 N–H and O–H groups in total. The first kappa shape index (κ1) is 12.3. The summed E-state index contributed by atoms with van der Waals surface area (Å²) in [5.41, 5.74) is 1.88. The van der Waals surface area contributed by atoms with Gasteiger partial charge in [0.1, 0.15) is 5.75 Å². The van der Waals surface area contributed by atoms with Crippen LogP contribution in [0.5, 0.6) is 5.75 Å². The zero-order valence-corrected chi connectivity index (χ0v) is 11.1. The number of fused-ring (bicyclic) bond motifs is 1. The number of rotatable bonds is 2. The van der Waals surface area contributed by atoms with Crippen molar-refractivity contribution in [3.8, 4) is 5.75 Å². The van der Waals surface area contributed by atoms with E-state index in [1.54, 1.807) is 0 Å². The molecule has 2 aliphatic heterocycles. The number of piperidine rings is 1. The molecule has 0 spiro atoms. The van der Waals surface area contributed by atoms with Crippen LogP contribution in [0, 0.1) is 0 Å². The Labute approximate surface area is 112 Å². The SMILES string of the molecule is CNc1ccc2c(c1)N(C1CCCNC1)C(=O)CO2. The molecule has 2 heterocycles. The van der Waals surface area contributed by atoms with Crippen molar-refractivity contribution in [1.82, 2.24) is 5.32 Å². The number of anilines is 2. The molecular formula is C14H19N3O2. The second-order valence-electron chi connectivity index (χ2n) is 4.99. The monoisotopic (exact) mass is 261 g/mol. The normalized spacial score (nSPS) is 22.7. The van der Waals surface area contributed by atoms with Crippen LogP contribution in [0.25, 0.3) is 0 Å². The van der Waals surface area contributed by atoms with Crippen LogP contribution in [0.4, 0.5) is 11.4 Å². The first-order valence-corrected chi connectivity index (χ1v) is 6.77. The minimum atomic E-state index is 0.0504. The summed E-state index contributed by atoms with van der Waals surface area (Å²) in [5, 5.41) is 6.47. The summed E-state index contributed by atoms with van der Waals surface area (Å²) in [7, 11) is 1.87. The van der Waals surface area contributed by atoms with E-state index in [-0.39, 0.29) is 18.6 Å². The van der Waals surface area contributed by atoms with E-state index in [4.69, 9.17) is 4.74 Å². The number of nitrogens with one attached hydrogen (secondary N) is 2. The first-order valence-electron chi connectivity index (χ1n) is 6.77. The molecule has 5 nitrogen and oxygen atoms in total. The summed E-state index contributed by atoms with van der Waals surface area (Å²) in [5.74, 6) is 0.846. The van der Waals surface area contributed by atoms with Gasteiger partial charge in [0.15, 0.2) is 6.61 Å². The smallest absolute Gasteiger partial charge is 0.265 e. The van der Waals surface area contributed by atoms with Crippen LogP contribution in [0.1, 0.15) is 12.8 Å². The fraction of sp³-hybridized carbons (Fsp3) is 0.500. The third-order valence-electron chi connectivity index (χ3n) is 3.76. The minimum Gasteiger partial charge on any atom is -0.482 e.